The van der Waals surface area contributed by atoms with Crippen molar-refractivity contribution in [2.45, 2.75) is 57.5 Å². The number of benzene rings is 1. The molecule has 1 atom stereocenters. The summed E-state index contributed by atoms with van der Waals surface area (Å²) in [5.41, 5.74) is 1.07. The van der Waals surface area contributed by atoms with Crippen molar-refractivity contribution in [2.75, 3.05) is 13.1 Å². The highest BCUT2D eigenvalue weighted by Gasteiger charge is 2.32. The Kier molecular flexibility index (Phi) is 4.79. The van der Waals surface area contributed by atoms with E-state index in [0.29, 0.717) is 6.04 Å². The zero-order valence-electron chi connectivity index (χ0n) is 14.8. The molecular formula is C19H26FN5. The molecule has 1 aliphatic carbocycles. The molecule has 6 heteroatoms. The van der Waals surface area contributed by atoms with E-state index in [0.717, 1.165) is 43.2 Å². The summed E-state index contributed by atoms with van der Waals surface area (Å²) in [5, 5.41) is 12.8. The van der Waals surface area contributed by atoms with Gasteiger partial charge in [-0.3, -0.25) is 4.90 Å². The molecule has 134 valence electrons. The highest BCUT2D eigenvalue weighted by atomic mass is 19.1. The van der Waals surface area contributed by atoms with Gasteiger partial charge in [0, 0.05) is 0 Å². The van der Waals surface area contributed by atoms with Crippen LogP contribution >= 0.6 is 0 Å². The molecule has 0 amide bonds. The summed E-state index contributed by atoms with van der Waals surface area (Å²) < 4.78 is 15.5. The van der Waals surface area contributed by atoms with Crippen LogP contribution in [0.5, 0.6) is 0 Å². The monoisotopic (exact) mass is 343 g/mol. The minimum absolute atomic E-state index is 0.00343. The van der Waals surface area contributed by atoms with Gasteiger partial charge in [-0.1, -0.05) is 31.9 Å². The number of nitrogens with zero attached hydrogens (tertiary/aromatic N) is 5. The van der Waals surface area contributed by atoms with Crippen molar-refractivity contribution in [1.82, 2.24) is 25.1 Å². The van der Waals surface area contributed by atoms with Gasteiger partial charge in [0.25, 0.3) is 0 Å². The second-order valence-electron chi connectivity index (χ2n) is 7.59. The number of hydrogen-bond acceptors (Lipinski definition) is 4. The third-order valence-electron chi connectivity index (χ3n) is 5.80. The Morgan fingerprint density at radius 2 is 1.72 bits per heavy atom. The predicted octanol–water partition coefficient (Wildman–Crippen LogP) is 3.75. The molecule has 2 aliphatic rings. The molecule has 1 saturated heterocycles. The molecule has 1 aliphatic heterocycles. The normalized spacial score (nSPS) is 21.7. The fourth-order valence-corrected chi connectivity index (χ4v) is 4.24. The molecule has 0 radical (unpaired) electrons. The second kappa shape index (κ2) is 7.20. The first-order chi connectivity index (χ1) is 12.2. The standard InChI is InChI=1S/C19H26FN5/c1-14-10-12-24(13-11-14)18(15-6-8-16(20)9-7-15)19-21-22-23-25(19)17-4-2-3-5-17/h6-9,14,17-18H,2-5,10-13H2,1H3. The first-order valence-electron chi connectivity index (χ1n) is 9.49. The molecule has 0 bridgehead atoms. The molecule has 0 N–H and O–H groups in total. The van der Waals surface area contributed by atoms with Crippen LogP contribution < -0.4 is 0 Å². The lowest BCUT2D eigenvalue weighted by molar-refractivity contribution is 0.148. The Morgan fingerprint density at radius 3 is 2.40 bits per heavy atom. The Balaban J connectivity index is 1.70. The van der Waals surface area contributed by atoms with Gasteiger partial charge in [-0.25, -0.2) is 9.07 Å². The Labute approximate surface area is 148 Å². The van der Waals surface area contributed by atoms with Crippen LogP contribution in [0.2, 0.25) is 0 Å². The number of halogens is 1. The van der Waals surface area contributed by atoms with Crippen LogP contribution in [0.15, 0.2) is 24.3 Å². The largest absolute Gasteiger partial charge is 0.290 e. The van der Waals surface area contributed by atoms with Crippen LogP contribution in [0.3, 0.4) is 0 Å². The Morgan fingerprint density at radius 1 is 1.04 bits per heavy atom. The summed E-state index contributed by atoms with van der Waals surface area (Å²) in [4.78, 5) is 2.46. The average Bonchev–Trinajstić information content (AvgIpc) is 3.30. The minimum Gasteiger partial charge on any atom is -0.290 e. The van der Waals surface area contributed by atoms with Crippen molar-refractivity contribution in [1.29, 1.82) is 0 Å². The van der Waals surface area contributed by atoms with Crippen molar-refractivity contribution >= 4 is 0 Å². The van der Waals surface area contributed by atoms with Crippen LogP contribution in [0.4, 0.5) is 4.39 Å². The van der Waals surface area contributed by atoms with Gasteiger partial charge in [-0.15, -0.1) is 5.10 Å². The van der Waals surface area contributed by atoms with Gasteiger partial charge in [0.2, 0.25) is 0 Å². The fourth-order valence-electron chi connectivity index (χ4n) is 4.24. The Bertz CT molecular complexity index is 684. The summed E-state index contributed by atoms with van der Waals surface area (Å²) in [6, 6.07) is 7.25. The third-order valence-corrected chi connectivity index (χ3v) is 5.80. The summed E-state index contributed by atoms with van der Waals surface area (Å²) in [7, 11) is 0. The zero-order chi connectivity index (χ0) is 17.2. The zero-order valence-corrected chi connectivity index (χ0v) is 14.8. The van der Waals surface area contributed by atoms with E-state index in [-0.39, 0.29) is 11.9 Å². The topological polar surface area (TPSA) is 46.8 Å². The van der Waals surface area contributed by atoms with E-state index in [2.05, 4.69) is 27.3 Å². The third kappa shape index (κ3) is 3.45. The number of tetrazole rings is 1. The van der Waals surface area contributed by atoms with E-state index in [4.69, 9.17) is 0 Å². The molecule has 2 heterocycles. The maximum Gasteiger partial charge on any atom is 0.173 e. The minimum atomic E-state index is -0.204. The predicted molar refractivity (Wildman–Crippen MR) is 93.5 cm³/mol. The van der Waals surface area contributed by atoms with Gasteiger partial charge in [-0.05, 0) is 72.8 Å². The van der Waals surface area contributed by atoms with Crippen LogP contribution in [0.1, 0.15) is 68.9 Å². The van der Waals surface area contributed by atoms with E-state index in [9.17, 15) is 4.39 Å². The van der Waals surface area contributed by atoms with Crippen molar-refractivity contribution in [3.63, 3.8) is 0 Å². The fraction of sp³-hybridized carbons (Fsp3) is 0.632. The SMILES string of the molecule is CC1CCN(C(c2ccc(F)cc2)c2nnnn2C2CCCC2)CC1. The van der Waals surface area contributed by atoms with E-state index in [1.54, 1.807) is 12.1 Å². The maximum absolute atomic E-state index is 13.5. The van der Waals surface area contributed by atoms with Crippen molar-refractivity contribution in [2.24, 2.45) is 5.92 Å². The quantitative estimate of drug-likeness (QED) is 0.848. The number of rotatable bonds is 4. The van der Waals surface area contributed by atoms with E-state index >= 15 is 0 Å². The average molecular weight is 343 g/mol. The molecular weight excluding hydrogens is 317 g/mol. The van der Waals surface area contributed by atoms with Gasteiger partial charge in [-0.2, -0.15) is 0 Å². The highest BCUT2D eigenvalue weighted by Crippen LogP contribution is 2.35. The van der Waals surface area contributed by atoms with E-state index < -0.39 is 0 Å². The molecule has 2 aromatic rings. The lowest BCUT2D eigenvalue weighted by Gasteiger charge is -2.36. The summed E-state index contributed by atoms with van der Waals surface area (Å²) in [6.07, 6.45) is 7.14. The highest BCUT2D eigenvalue weighted by molar-refractivity contribution is 5.25. The van der Waals surface area contributed by atoms with Crippen LogP contribution in [-0.4, -0.2) is 38.2 Å². The second-order valence-corrected chi connectivity index (χ2v) is 7.59. The summed E-state index contributed by atoms with van der Waals surface area (Å²) >= 11 is 0. The van der Waals surface area contributed by atoms with Crippen LogP contribution in [0, 0.1) is 11.7 Å². The van der Waals surface area contributed by atoms with Crippen LogP contribution in [-0.2, 0) is 0 Å². The van der Waals surface area contributed by atoms with Gasteiger partial charge in [0.15, 0.2) is 5.82 Å². The lowest BCUT2D eigenvalue weighted by atomic mass is 9.95. The molecule has 1 aromatic heterocycles. The number of likely N-dealkylation sites (tertiary alicyclic amines) is 1. The summed E-state index contributed by atoms with van der Waals surface area (Å²) in [5.74, 6) is 1.47. The molecule has 25 heavy (non-hydrogen) atoms. The summed E-state index contributed by atoms with van der Waals surface area (Å²) in [6.45, 7) is 4.37. The molecule has 5 nitrogen and oxygen atoms in total. The molecule has 2 fully saturated rings. The van der Waals surface area contributed by atoms with Crippen molar-refractivity contribution in [3.05, 3.63) is 41.5 Å². The van der Waals surface area contributed by atoms with E-state index in [1.165, 1.54) is 25.7 Å². The molecule has 1 aromatic carbocycles. The van der Waals surface area contributed by atoms with Gasteiger partial charge in [0.05, 0.1) is 12.1 Å². The number of piperidine rings is 1. The number of hydrogen-bond donors (Lipinski definition) is 0. The first kappa shape index (κ1) is 16.6. The molecule has 1 saturated carbocycles. The Hall–Kier alpha value is -1.82. The van der Waals surface area contributed by atoms with E-state index in [1.807, 2.05) is 16.8 Å². The smallest absolute Gasteiger partial charge is 0.173 e. The van der Waals surface area contributed by atoms with Crippen molar-refractivity contribution < 1.29 is 4.39 Å². The first-order valence-corrected chi connectivity index (χ1v) is 9.49. The lowest BCUT2D eigenvalue weighted by Crippen LogP contribution is -2.38. The number of aromatic nitrogens is 4. The van der Waals surface area contributed by atoms with Crippen molar-refractivity contribution in [3.8, 4) is 0 Å². The van der Waals surface area contributed by atoms with Gasteiger partial charge in [0.1, 0.15) is 5.82 Å². The maximum atomic E-state index is 13.5. The van der Waals surface area contributed by atoms with Gasteiger partial charge >= 0.3 is 0 Å². The van der Waals surface area contributed by atoms with Gasteiger partial charge < -0.3 is 0 Å². The molecule has 0 spiro atoms. The molecule has 1 unspecified atom stereocenters. The van der Waals surface area contributed by atoms with Crippen LogP contribution in [0.25, 0.3) is 0 Å². The molecule has 4 rings (SSSR count).